The zero-order chi connectivity index (χ0) is 12.0. The first-order valence-corrected chi connectivity index (χ1v) is 4.39. The number of aryl methyl sites for hydroxylation is 1. The Kier molecular flexibility index (Phi) is 4.03. The Morgan fingerprint density at radius 1 is 1.81 bits per heavy atom. The van der Waals surface area contributed by atoms with Gasteiger partial charge in [-0.3, -0.25) is 4.79 Å². The fourth-order valence-corrected chi connectivity index (χ4v) is 0.960. The molecule has 0 aliphatic carbocycles. The summed E-state index contributed by atoms with van der Waals surface area (Å²) in [6, 6.07) is 3.29. The van der Waals surface area contributed by atoms with Crippen molar-refractivity contribution in [3.8, 4) is 6.07 Å². The third-order valence-electron chi connectivity index (χ3n) is 1.61. The fourth-order valence-electron chi connectivity index (χ4n) is 0.960. The van der Waals surface area contributed by atoms with Gasteiger partial charge in [0.25, 0.3) is 5.91 Å². The van der Waals surface area contributed by atoms with Gasteiger partial charge in [0.1, 0.15) is 24.6 Å². The summed E-state index contributed by atoms with van der Waals surface area (Å²) in [6.07, 6.45) is 0. The lowest BCUT2D eigenvalue weighted by molar-refractivity contribution is -0.115. The highest BCUT2D eigenvalue weighted by Gasteiger charge is 2.11. The van der Waals surface area contributed by atoms with Gasteiger partial charge in [0, 0.05) is 6.07 Å². The average Bonchev–Trinajstić information content (AvgIpc) is 2.68. The average molecular weight is 222 g/mol. The molecule has 0 bridgehead atoms. The Morgan fingerprint density at radius 2 is 2.56 bits per heavy atom. The van der Waals surface area contributed by atoms with E-state index in [1.54, 1.807) is 19.1 Å². The largest absolute Gasteiger partial charge is 0.398 e. The lowest BCUT2D eigenvalue weighted by atomic mass is 10.3. The van der Waals surface area contributed by atoms with Crippen LogP contribution in [0.2, 0.25) is 0 Å². The molecular formula is C9H10N4O3. The zero-order valence-corrected chi connectivity index (χ0v) is 8.85. The highest BCUT2D eigenvalue weighted by Crippen LogP contribution is 2.00. The van der Waals surface area contributed by atoms with E-state index in [-0.39, 0.29) is 12.3 Å². The van der Waals surface area contributed by atoms with E-state index in [1.165, 1.54) is 7.11 Å². The van der Waals surface area contributed by atoms with Gasteiger partial charge in [0.2, 0.25) is 5.71 Å². The lowest BCUT2D eigenvalue weighted by Crippen LogP contribution is -2.30. The van der Waals surface area contributed by atoms with Crippen LogP contribution in [0, 0.1) is 18.3 Å². The Bertz CT molecular complexity index is 444. The van der Waals surface area contributed by atoms with E-state index in [0.717, 1.165) is 0 Å². The number of nitrogens with one attached hydrogen (secondary N) is 1. The van der Waals surface area contributed by atoms with Crippen molar-refractivity contribution in [2.45, 2.75) is 13.5 Å². The minimum atomic E-state index is -0.620. The first-order chi connectivity index (χ1) is 7.67. The van der Waals surface area contributed by atoms with Crippen molar-refractivity contribution in [1.29, 1.82) is 5.26 Å². The molecule has 1 amide bonds. The molecule has 0 aliphatic heterocycles. The van der Waals surface area contributed by atoms with E-state index in [2.05, 4.69) is 20.5 Å². The number of nitriles is 1. The quantitative estimate of drug-likeness (QED) is 0.576. The summed E-state index contributed by atoms with van der Waals surface area (Å²) in [5.74, 6) is 0.0281. The van der Waals surface area contributed by atoms with Gasteiger partial charge in [-0.15, -0.1) is 0 Å². The summed E-state index contributed by atoms with van der Waals surface area (Å²) >= 11 is 0. The van der Waals surface area contributed by atoms with Gasteiger partial charge in [0.15, 0.2) is 0 Å². The molecule has 0 radical (unpaired) electrons. The van der Waals surface area contributed by atoms with Crippen LogP contribution in [0.1, 0.15) is 11.5 Å². The molecule has 0 atom stereocenters. The Labute approximate surface area is 91.7 Å². The first kappa shape index (κ1) is 11.7. The number of rotatable bonds is 4. The molecule has 1 N–H and O–H groups in total. The molecule has 0 unspecified atom stereocenters. The van der Waals surface area contributed by atoms with Crippen LogP contribution in [0.4, 0.5) is 0 Å². The predicted molar refractivity (Wildman–Crippen MR) is 53.1 cm³/mol. The standard InChI is InChI=1S/C9H10N4O3/c1-6-3-7(12-16-6)5-11-9(14)8(4-10)13-15-2/h3H,5H2,1-2H3,(H,11,14)/b13-8+. The molecule has 0 saturated carbocycles. The van der Waals surface area contributed by atoms with Crippen LogP contribution < -0.4 is 5.32 Å². The van der Waals surface area contributed by atoms with Crippen molar-refractivity contribution in [1.82, 2.24) is 10.5 Å². The van der Waals surface area contributed by atoms with Crippen LogP contribution in [-0.2, 0) is 16.2 Å². The number of carbonyl (C=O) groups is 1. The monoisotopic (exact) mass is 222 g/mol. The smallest absolute Gasteiger partial charge is 0.284 e. The van der Waals surface area contributed by atoms with Crippen molar-refractivity contribution < 1.29 is 14.2 Å². The molecule has 16 heavy (non-hydrogen) atoms. The van der Waals surface area contributed by atoms with Crippen LogP contribution in [-0.4, -0.2) is 23.9 Å². The summed E-state index contributed by atoms with van der Waals surface area (Å²) in [5, 5.41) is 18.0. The Morgan fingerprint density at radius 3 is 3.06 bits per heavy atom. The van der Waals surface area contributed by atoms with E-state index in [1.807, 2.05) is 0 Å². The van der Waals surface area contributed by atoms with Gasteiger partial charge in [-0.05, 0) is 6.92 Å². The molecule has 0 saturated heterocycles. The fraction of sp³-hybridized carbons (Fsp3) is 0.333. The van der Waals surface area contributed by atoms with E-state index in [4.69, 9.17) is 9.78 Å². The van der Waals surface area contributed by atoms with Crippen LogP contribution in [0.15, 0.2) is 15.7 Å². The summed E-state index contributed by atoms with van der Waals surface area (Å²) in [6.45, 7) is 1.91. The number of nitrogens with zero attached hydrogens (tertiary/aromatic N) is 3. The molecule has 84 valence electrons. The van der Waals surface area contributed by atoms with Crippen LogP contribution in [0.25, 0.3) is 0 Å². The highest BCUT2D eigenvalue weighted by molar-refractivity contribution is 6.44. The van der Waals surface area contributed by atoms with Crippen LogP contribution in [0.3, 0.4) is 0 Å². The summed E-state index contributed by atoms with van der Waals surface area (Å²) in [5.41, 5.74) is 0.225. The van der Waals surface area contributed by atoms with Gasteiger partial charge < -0.3 is 14.7 Å². The third-order valence-corrected chi connectivity index (χ3v) is 1.61. The molecule has 1 aromatic heterocycles. The number of amides is 1. The minimum absolute atomic E-state index is 0.167. The molecule has 1 heterocycles. The van der Waals surface area contributed by atoms with Crippen LogP contribution in [0.5, 0.6) is 0 Å². The molecule has 0 spiro atoms. The molecule has 1 rings (SSSR count). The maximum absolute atomic E-state index is 11.3. The summed E-state index contributed by atoms with van der Waals surface area (Å²) < 4.78 is 4.81. The molecule has 7 heteroatoms. The molecule has 0 aromatic carbocycles. The second-order valence-electron chi connectivity index (χ2n) is 2.85. The zero-order valence-electron chi connectivity index (χ0n) is 8.85. The van der Waals surface area contributed by atoms with Crippen molar-refractivity contribution in [3.05, 3.63) is 17.5 Å². The number of hydrogen-bond acceptors (Lipinski definition) is 6. The number of carbonyl (C=O) groups excluding carboxylic acids is 1. The molecular weight excluding hydrogens is 212 g/mol. The normalized spacial score (nSPS) is 10.7. The Hall–Kier alpha value is -2.36. The first-order valence-electron chi connectivity index (χ1n) is 4.39. The lowest BCUT2D eigenvalue weighted by Gasteiger charge is -1.99. The van der Waals surface area contributed by atoms with Crippen LogP contribution >= 0.6 is 0 Å². The van der Waals surface area contributed by atoms with E-state index in [0.29, 0.717) is 11.5 Å². The van der Waals surface area contributed by atoms with Crippen molar-refractivity contribution >= 4 is 11.6 Å². The summed E-state index contributed by atoms with van der Waals surface area (Å²) in [7, 11) is 1.26. The summed E-state index contributed by atoms with van der Waals surface area (Å²) in [4.78, 5) is 15.7. The number of hydrogen-bond donors (Lipinski definition) is 1. The van der Waals surface area contributed by atoms with E-state index in [9.17, 15) is 4.79 Å². The van der Waals surface area contributed by atoms with Gasteiger partial charge >= 0.3 is 0 Å². The van der Waals surface area contributed by atoms with E-state index < -0.39 is 5.91 Å². The maximum atomic E-state index is 11.3. The molecule has 0 fully saturated rings. The number of oxime groups is 1. The Balaban J connectivity index is 2.53. The van der Waals surface area contributed by atoms with Gasteiger partial charge in [-0.2, -0.15) is 5.26 Å². The minimum Gasteiger partial charge on any atom is -0.398 e. The highest BCUT2D eigenvalue weighted by atomic mass is 16.6. The second kappa shape index (κ2) is 5.50. The SMILES string of the molecule is CO/N=C(\C#N)C(=O)NCc1cc(C)on1. The van der Waals surface area contributed by atoms with Crippen molar-refractivity contribution in [2.75, 3.05) is 7.11 Å². The molecule has 7 nitrogen and oxygen atoms in total. The maximum Gasteiger partial charge on any atom is 0.284 e. The molecule has 1 aromatic rings. The van der Waals surface area contributed by atoms with Crippen molar-refractivity contribution in [3.63, 3.8) is 0 Å². The predicted octanol–water partition coefficient (Wildman–Crippen LogP) is 0.125. The van der Waals surface area contributed by atoms with E-state index >= 15 is 0 Å². The van der Waals surface area contributed by atoms with Gasteiger partial charge in [0.05, 0.1) is 6.54 Å². The van der Waals surface area contributed by atoms with Gasteiger partial charge in [-0.25, -0.2) is 0 Å². The topological polar surface area (TPSA) is 101 Å². The molecule has 0 aliphatic rings. The second-order valence-corrected chi connectivity index (χ2v) is 2.85. The number of aromatic nitrogens is 1. The van der Waals surface area contributed by atoms with Crippen molar-refractivity contribution in [2.24, 2.45) is 5.16 Å². The third kappa shape index (κ3) is 3.09. The van der Waals surface area contributed by atoms with Gasteiger partial charge in [-0.1, -0.05) is 10.3 Å².